The minimum absolute atomic E-state index is 0. The Bertz CT molecular complexity index is 323. The number of aliphatic imine (C=N–C) groups is 1. The Morgan fingerprint density at radius 3 is 2.54 bits per heavy atom. The van der Waals surface area contributed by atoms with Crippen molar-refractivity contribution in [3.05, 3.63) is 0 Å². The van der Waals surface area contributed by atoms with Gasteiger partial charge in [-0.05, 0) is 63.4 Å². The van der Waals surface area contributed by atoms with Crippen LogP contribution in [0, 0.1) is 5.41 Å². The number of unbranched alkanes of at least 4 members (excludes halogenated alkanes) is 1. The van der Waals surface area contributed by atoms with Crippen molar-refractivity contribution in [2.45, 2.75) is 58.8 Å². The van der Waals surface area contributed by atoms with E-state index in [4.69, 9.17) is 9.73 Å². The number of nitrogens with zero attached hydrogens (tertiary/aromatic N) is 1. The van der Waals surface area contributed by atoms with E-state index in [0.29, 0.717) is 5.41 Å². The van der Waals surface area contributed by atoms with Gasteiger partial charge in [-0.15, -0.1) is 24.0 Å². The fourth-order valence-electron chi connectivity index (χ4n) is 3.21. The summed E-state index contributed by atoms with van der Waals surface area (Å²) in [5.74, 6) is 2.23. The lowest BCUT2D eigenvalue weighted by molar-refractivity contribution is 0.107. The second kappa shape index (κ2) is 15.6. The van der Waals surface area contributed by atoms with Crippen molar-refractivity contribution in [2.24, 2.45) is 10.4 Å². The molecule has 0 aliphatic heterocycles. The molecule has 0 aromatic rings. The standard InChI is InChI=1S/C18H37N3OS.HI/c1-4-19-17(20-13-8-9-15-23-3)21-16-18(10-6-7-11-18)12-14-22-5-2;/h4-16H2,1-3H3,(H2,19,20,21);1H. The molecule has 0 aromatic carbocycles. The number of guanidine groups is 1. The van der Waals surface area contributed by atoms with Crippen LogP contribution in [0.1, 0.15) is 58.8 Å². The Morgan fingerprint density at radius 1 is 1.17 bits per heavy atom. The molecule has 0 radical (unpaired) electrons. The van der Waals surface area contributed by atoms with Gasteiger partial charge in [0.2, 0.25) is 0 Å². The zero-order valence-corrected chi connectivity index (χ0v) is 19.0. The van der Waals surface area contributed by atoms with Gasteiger partial charge in [0, 0.05) is 32.8 Å². The Hall–Kier alpha value is 0.310. The molecule has 0 bridgehead atoms. The average Bonchev–Trinajstić information content (AvgIpc) is 3.02. The van der Waals surface area contributed by atoms with E-state index in [0.717, 1.165) is 45.2 Å². The van der Waals surface area contributed by atoms with Crippen LogP contribution in [0.2, 0.25) is 0 Å². The first-order valence-electron chi connectivity index (χ1n) is 9.35. The molecule has 1 saturated carbocycles. The molecule has 0 unspecified atom stereocenters. The van der Waals surface area contributed by atoms with Crippen LogP contribution in [0.5, 0.6) is 0 Å². The summed E-state index contributed by atoms with van der Waals surface area (Å²) in [6, 6.07) is 0. The number of hydrogen-bond donors (Lipinski definition) is 2. The van der Waals surface area contributed by atoms with Crippen LogP contribution in [-0.2, 0) is 4.74 Å². The summed E-state index contributed by atoms with van der Waals surface area (Å²) in [6.07, 6.45) is 11.1. The molecule has 1 aliphatic carbocycles. The summed E-state index contributed by atoms with van der Waals surface area (Å²) in [5, 5.41) is 6.87. The summed E-state index contributed by atoms with van der Waals surface area (Å²) >= 11 is 1.92. The molecule has 2 N–H and O–H groups in total. The van der Waals surface area contributed by atoms with Crippen LogP contribution in [-0.4, -0.2) is 50.8 Å². The zero-order valence-electron chi connectivity index (χ0n) is 15.9. The van der Waals surface area contributed by atoms with E-state index in [9.17, 15) is 0 Å². The molecule has 1 rings (SSSR count). The zero-order chi connectivity index (χ0) is 16.8. The van der Waals surface area contributed by atoms with Crippen molar-refractivity contribution >= 4 is 41.7 Å². The molecule has 0 amide bonds. The van der Waals surface area contributed by atoms with E-state index in [2.05, 4.69) is 30.7 Å². The van der Waals surface area contributed by atoms with Gasteiger partial charge < -0.3 is 15.4 Å². The predicted octanol–water partition coefficient (Wildman–Crippen LogP) is 4.29. The molecule has 6 heteroatoms. The maximum atomic E-state index is 5.60. The van der Waals surface area contributed by atoms with E-state index >= 15 is 0 Å². The quantitative estimate of drug-likeness (QED) is 0.193. The van der Waals surface area contributed by atoms with Gasteiger partial charge in [0.15, 0.2) is 5.96 Å². The number of ether oxygens (including phenoxy) is 1. The molecule has 4 nitrogen and oxygen atoms in total. The van der Waals surface area contributed by atoms with E-state index in [1.165, 1.54) is 44.3 Å². The fourth-order valence-corrected chi connectivity index (χ4v) is 3.70. The van der Waals surface area contributed by atoms with Crippen LogP contribution < -0.4 is 10.6 Å². The summed E-state index contributed by atoms with van der Waals surface area (Å²) < 4.78 is 5.60. The maximum Gasteiger partial charge on any atom is 0.191 e. The van der Waals surface area contributed by atoms with Crippen LogP contribution in [0.25, 0.3) is 0 Å². The number of thioether (sulfide) groups is 1. The summed E-state index contributed by atoms with van der Waals surface area (Å²) in [7, 11) is 0. The third-order valence-corrected chi connectivity index (χ3v) is 5.33. The molecule has 144 valence electrons. The highest BCUT2D eigenvalue weighted by molar-refractivity contribution is 14.0. The molecule has 1 aliphatic rings. The van der Waals surface area contributed by atoms with Gasteiger partial charge in [-0.1, -0.05) is 12.8 Å². The molecule has 0 saturated heterocycles. The molecular weight excluding hydrogens is 433 g/mol. The van der Waals surface area contributed by atoms with E-state index < -0.39 is 0 Å². The lowest BCUT2D eigenvalue weighted by Crippen LogP contribution is -2.39. The van der Waals surface area contributed by atoms with Crippen LogP contribution in [0.15, 0.2) is 4.99 Å². The van der Waals surface area contributed by atoms with Gasteiger partial charge in [-0.25, -0.2) is 0 Å². The topological polar surface area (TPSA) is 45.7 Å². The van der Waals surface area contributed by atoms with Gasteiger partial charge >= 0.3 is 0 Å². The molecule has 0 spiro atoms. The van der Waals surface area contributed by atoms with Crippen LogP contribution in [0.3, 0.4) is 0 Å². The highest BCUT2D eigenvalue weighted by Gasteiger charge is 2.33. The first-order chi connectivity index (χ1) is 11.3. The summed E-state index contributed by atoms with van der Waals surface area (Å²) in [4.78, 5) is 4.90. The first kappa shape index (κ1) is 24.3. The highest BCUT2D eigenvalue weighted by Crippen LogP contribution is 2.41. The number of nitrogens with one attached hydrogen (secondary N) is 2. The van der Waals surface area contributed by atoms with Crippen molar-refractivity contribution in [3.63, 3.8) is 0 Å². The molecule has 24 heavy (non-hydrogen) atoms. The molecular formula is C18H38IN3OS. The van der Waals surface area contributed by atoms with Crippen molar-refractivity contribution < 1.29 is 4.74 Å². The average molecular weight is 471 g/mol. The SMILES string of the molecule is CCNC(=NCC1(CCOCC)CCCC1)NCCCCSC.I. The minimum Gasteiger partial charge on any atom is -0.382 e. The molecule has 0 heterocycles. The van der Waals surface area contributed by atoms with Gasteiger partial charge in [-0.2, -0.15) is 11.8 Å². The molecule has 0 aromatic heterocycles. The minimum atomic E-state index is 0. The fraction of sp³-hybridized carbons (Fsp3) is 0.944. The Kier molecular flexibility index (Phi) is 15.8. The Balaban J connectivity index is 0.00000529. The van der Waals surface area contributed by atoms with Crippen LogP contribution in [0.4, 0.5) is 0 Å². The number of rotatable bonds is 12. The van der Waals surface area contributed by atoms with E-state index in [1.54, 1.807) is 0 Å². The Labute approximate surface area is 170 Å². The number of hydrogen-bond acceptors (Lipinski definition) is 3. The second-order valence-electron chi connectivity index (χ2n) is 6.48. The van der Waals surface area contributed by atoms with E-state index in [-0.39, 0.29) is 24.0 Å². The summed E-state index contributed by atoms with van der Waals surface area (Å²) in [5.41, 5.74) is 0.371. The van der Waals surface area contributed by atoms with Crippen molar-refractivity contribution in [2.75, 3.05) is 44.9 Å². The highest BCUT2D eigenvalue weighted by atomic mass is 127. The normalized spacial score (nSPS) is 16.7. The maximum absolute atomic E-state index is 5.60. The van der Waals surface area contributed by atoms with Crippen molar-refractivity contribution in [1.29, 1.82) is 0 Å². The Morgan fingerprint density at radius 2 is 1.92 bits per heavy atom. The lowest BCUT2D eigenvalue weighted by Gasteiger charge is -2.27. The summed E-state index contributed by atoms with van der Waals surface area (Å²) in [6.45, 7) is 8.76. The first-order valence-corrected chi connectivity index (χ1v) is 10.7. The van der Waals surface area contributed by atoms with Gasteiger partial charge in [0.05, 0.1) is 0 Å². The lowest BCUT2D eigenvalue weighted by atomic mass is 9.83. The largest absolute Gasteiger partial charge is 0.382 e. The van der Waals surface area contributed by atoms with Gasteiger partial charge in [0.25, 0.3) is 0 Å². The number of halogens is 1. The van der Waals surface area contributed by atoms with Gasteiger partial charge in [0.1, 0.15) is 0 Å². The second-order valence-corrected chi connectivity index (χ2v) is 7.46. The third-order valence-electron chi connectivity index (χ3n) is 4.63. The predicted molar refractivity (Wildman–Crippen MR) is 119 cm³/mol. The van der Waals surface area contributed by atoms with E-state index in [1.807, 2.05) is 11.8 Å². The molecule has 1 fully saturated rings. The van der Waals surface area contributed by atoms with Gasteiger partial charge in [-0.3, -0.25) is 4.99 Å². The third kappa shape index (κ3) is 10.3. The smallest absolute Gasteiger partial charge is 0.191 e. The van der Waals surface area contributed by atoms with Crippen molar-refractivity contribution in [1.82, 2.24) is 10.6 Å². The molecule has 0 atom stereocenters. The monoisotopic (exact) mass is 471 g/mol. The van der Waals surface area contributed by atoms with Crippen molar-refractivity contribution in [3.8, 4) is 0 Å². The van der Waals surface area contributed by atoms with Crippen LogP contribution >= 0.6 is 35.7 Å².